The number of carbonyl (C=O) groups excluding carboxylic acids is 1. The van der Waals surface area contributed by atoms with E-state index < -0.39 is 16.0 Å². The van der Waals surface area contributed by atoms with Crippen molar-refractivity contribution in [3.05, 3.63) is 27.7 Å². The van der Waals surface area contributed by atoms with Crippen LogP contribution in [-0.2, 0) is 14.8 Å². The SMILES string of the molecule is Cc1c(Br)cc(C(=O)O)cc1S(=O)(=O)N1CCNC(=O)C1. The molecule has 21 heavy (non-hydrogen) atoms. The first-order valence-corrected chi connectivity index (χ1v) is 8.27. The van der Waals surface area contributed by atoms with E-state index in [4.69, 9.17) is 5.11 Å². The van der Waals surface area contributed by atoms with E-state index in [1.807, 2.05) is 0 Å². The third kappa shape index (κ3) is 3.09. The Balaban J connectivity index is 2.53. The van der Waals surface area contributed by atoms with Crippen molar-refractivity contribution < 1.29 is 23.1 Å². The largest absolute Gasteiger partial charge is 0.478 e. The van der Waals surface area contributed by atoms with Crippen LogP contribution in [0, 0.1) is 6.92 Å². The molecule has 1 amide bonds. The molecule has 0 saturated carbocycles. The number of sulfonamides is 1. The summed E-state index contributed by atoms with van der Waals surface area (Å²) in [7, 11) is -3.92. The van der Waals surface area contributed by atoms with Gasteiger partial charge in [-0.15, -0.1) is 0 Å². The van der Waals surface area contributed by atoms with Crippen molar-refractivity contribution in [1.82, 2.24) is 9.62 Å². The van der Waals surface area contributed by atoms with E-state index in [1.54, 1.807) is 6.92 Å². The Morgan fingerprint density at radius 3 is 2.67 bits per heavy atom. The van der Waals surface area contributed by atoms with Crippen LogP contribution in [-0.4, -0.2) is 49.3 Å². The number of carbonyl (C=O) groups is 2. The number of rotatable bonds is 3. The Morgan fingerprint density at radius 2 is 2.10 bits per heavy atom. The number of halogens is 1. The zero-order chi connectivity index (χ0) is 15.8. The molecule has 2 rings (SSSR count). The summed E-state index contributed by atoms with van der Waals surface area (Å²) in [4.78, 5) is 22.3. The van der Waals surface area contributed by atoms with Gasteiger partial charge in [-0.25, -0.2) is 13.2 Å². The molecule has 0 aliphatic carbocycles. The summed E-state index contributed by atoms with van der Waals surface area (Å²) in [5.74, 6) is -1.60. The van der Waals surface area contributed by atoms with Crippen molar-refractivity contribution >= 4 is 37.8 Å². The molecule has 1 heterocycles. The van der Waals surface area contributed by atoms with Crippen LogP contribution in [0.2, 0.25) is 0 Å². The number of aromatic carboxylic acids is 1. The topological polar surface area (TPSA) is 104 Å². The number of nitrogens with zero attached hydrogens (tertiary/aromatic N) is 1. The van der Waals surface area contributed by atoms with E-state index in [-0.39, 0.29) is 36.0 Å². The van der Waals surface area contributed by atoms with Crippen molar-refractivity contribution in [2.45, 2.75) is 11.8 Å². The lowest BCUT2D eigenvalue weighted by molar-refractivity contribution is -0.122. The number of carboxylic acid groups (broad SMARTS) is 1. The van der Waals surface area contributed by atoms with Crippen LogP contribution in [0.4, 0.5) is 0 Å². The summed E-state index contributed by atoms with van der Waals surface area (Å²) < 4.78 is 26.7. The maximum absolute atomic E-state index is 12.6. The van der Waals surface area contributed by atoms with E-state index in [0.717, 1.165) is 10.4 Å². The first kappa shape index (κ1) is 15.9. The normalized spacial score (nSPS) is 16.6. The van der Waals surface area contributed by atoms with Gasteiger partial charge in [-0.3, -0.25) is 4.79 Å². The monoisotopic (exact) mass is 376 g/mol. The zero-order valence-electron chi connectivity index (χ0n) is 11.1. The molecule has 0 radical (unpaired) electrons. The lowest BCUT2D eigenvalue weighted by atomic mass is 10.1. The molecule has 0 unspecified atom stereocenters. The second-order valence-electron chi connectivity index (χ2n) is 4.57. The standard InChI is InChI=1S/C12H13BrN2O5S/c1-7-9(13)4-8(12(17)18)5-10(7)21(19,20)15-3-2-14-11(16)6-15/h4-5H,2-3,6H2,1H3,(H,14,16)(H,17,18). The number of carboxylic acids is 1. The Morgan fingerprint density at radius 1 is 1.43 bits per heavy atom. The Labute approximate surface area is 130 Å². The fraction of sp³-hybridized carbons (Fsp3) is 0.333. The number of piperazine rings is 1. The highest BCUT2D eigenvalue weighted by Crippen LogP contribution is 2.28. The Hall–Kier alpha value is -1.45. The summed E-state index contributed by atoms with van der Waals surface area (Å²) in [5, 5.41) is 11.6. The molecule has 114 valence electrons. The van der Waals surface area contributed by atoms with Crippen LogP contribution < -0.4 is 5.32 Å². The predicted octanol–water partition coefficient (Wildman–Crippen LogP) is 0.576. The molecular formula is C12H13BrN2O5S. The molecule has 1 aliphatic heterocycles. The molecule has 9 heteroatoms. The zero-order valence-corrected chi connectivity index (χ0v) is 13.5. The van der Waals surface area contributed by atoms with E-state index in [2.05, 4.69) is 21.2 Å². The highest BCUT2D eigenvalue weighted by Gasteiger charge is 2.31. The molecule has 0 spiro atoms. The minimum absolute atomic E-state index is 0.107. The van der Waals surface area contributed by atoms with Gasteiger partial charge in [0.15, 0.2) is 0 Å². The number of amides is 1. The molecular weight excluding hydrogens is 364 g/mol. The second kappa shape index (κ2) is 5.74. The number of hydrogen-bond donors (Lipinski definition) is 2. The third-order valence-electron chi connectivity index (χ3n) is 3.16. The van der Waals surface area contributed by atoms with Crippen molar-refractivity contribution in [2.75, 3.05) is 19.6 Å². The second-order valence-corrected chi connectivity index (χ2v) is 7.34. The summed E-state index contributed by atoms with van der Waals surface area (Å²) in [5.41, 5.74) is 0.276. The first-order chi connectivity index (χ1) is 9.73. The quantitative estimate of drug-likeness (QED) is 0.802. The maximum atomic E-state index is 12.6. The van der Waals surface area contributed by atoms with Gasteiger partial charge in [-0.05, 0) is 24.6 Å². The van der Waals surface area contributed by atoms with Crippen LogP contribution in [0.3, 0.4) is 0 Å². The highest BCUT2D eigenvalue weighted by atomic mass is 79.9. The van der Waals surface area contributed by atoms with Gasteiger partial charge in [0, 0.05) is 17.6 Å². The molecule has 0 aromatic heterocycles. The van der Waals surface area contributed by atoms with Gasteiger partial charge in [0.2, 0.25) is 15.9 Å². The molecule has 2 N–H and O–H groups in total. The third-order valence-corrected chi connectivity index (χ3v) is 5.96. The molecule has 1 fully saturated rings. The molecule has 1 aromatic rings. The van der Waals surface area contributed by atoms with Gasteiger partial charge in [0.05, 0.1) is 17.0 Å². The summed E-state index contributed by atoms with van der Waals surface area (Å²) >= 11 is 3.17. The van der Waals surface area contributed by atoms with Crippen LogP contribution >= 0.6 is 15.9 Å². The Kier molecular flexibility index (Phi) is 4.35. The van der Waals surface area contributed by atoms with E-state index in [1.165, 1.54) is 6.07 Å². The van der Waals surface area contributed by atoms with E-state index in [0.29, 0.717) is 10.0 Å². The van der Waals surface area contributed by atoms with Crippen LogP contribution in [0.15, 0.2) is 21.5 Å². The van der Waals surface area contributed by atoms with E-state index >= 15 is 0 Å². The van der Waals surface area contributed by atoms with Crippen molar-refractivity contribution in [3.63, 3.8) is 0 Å². The molecule has 1 saturated heterocycles. The molecule has 1 aromatic carbocycles. The fourth-order valence-corrected chi connectivity index (χ4v) is 4.27. The Bertz CT molecular complexity index is 717. The number of benzene rings is 1. The van der Waals surface area contributed by atoms with Crippen LogP contribution in [0.1, 0.15) is 15.9 Å². The van der Waals surface area contributed by atoms with Gasteiger partial charge in [-0.2, -0.15) is 4.31 Å². The molecule has 0 bridgehead atoms. The summed E-state index contributed by atoms with van der Waals surface area (Å²) in [6.45, 7) is 1.70. The number of nitrogens with one attached hydrogen (secondary N) is 1. The van der Waals surface area contributed by atoms with Crippen molar-refractivity contribution in [2.24, 2.45) is 0 Å². The fourth-order valence-electron chi connectivity index (χ4n) is 2.00. The summed E-state index contributed by atoms with van der Waals surface area (Å²) in [6, 6.07) is 2.46. The molecule has 0 atom stereocenters. The lowest BCUT2D eigenvalue weighted by Crippen LogP contribution is -2.49. The van der Waals surface area contributed by atoms with Crippen LogP contribution in [0.25, 0.3) is 0 Å². The van der Waals surface area contributed by atoms with Crippen molar-refractivity contribution in [1.29, 1.82) is 0 Å². The van der Waals surface area contributed by atoms with Gasteiger partial charge in [-0.1, -0.05) is 15.9 Å². The minimum Gasteiger partial charge on any atom is -0.478 e. The highest BCUT2D eigenvalue weighted by molar-refractivity contribution is 9.10. The molecule has 1 aliphatic rings. The van der Waals surface area contributed by atoms with Crippen molar-refractivity contribution in [3.8, 4) is 0 Å². The average Bonchev–Trinajstić information content (AvgIpc) is 2.41. The predicted molar refractivity (Wildman–Crippen MR) is 77.6 cm³/mol. The van der Waals surface area contributed by atoms with Gasteiger partial charge in [0.25, 0.3) is 0 Å². The smallest absolute Gasteiger partial charge is 0.335 e. The maximum Gasteiger partial charge on any atom is 0.335 e. The number of hydrogen-bond acceptors (Lipinski definition) is 4. The van der Waals surface area contributed by atoms with Gasteiger partial charge >= 0.3 is 5.97 Å². The molecule has 7 nitrogen and oxygen atoms in total. The average molecular weight is 377 g/mol. The van der Waals surface area contributed by atoms with Gasteiger partial charge in [0.1, 0.15) is 0 Å². The summed E-state index contributed by atoms with van der Waals surface area (Å²) in [6.07, 6.45) is 0. The van der Waals surface area contributed by atoms with E-state index in [9.17, 15) is 18.0 Å². The van der Waals surface area contributed by atoms with Gasteiger partial charge < -0.3 is 10.4 Å². The first-order valence-electron chi connectivity index (χ1n) is 6.04. The minimum atomic E-state index is -3.92. The van der Waals surface area contributed by atoms with Crippen LogP contribution in [0.5, 0.6) is 0 Å². The lowest BCUT2D eigenvalue weighted by Gasteiger charge is -2.26.